The Hall–Kier alpha value is -3.00. The number of furan rings is 1. The third-order valence-corrected chi connectivity index (χ3v) is 4.37. The van der Waals surface area contributed by atoms with Gasteiger partial charge in [0.15, 0.2) is 0 Å². The molecule has 0 radical (unpaired) electrons. The molecule has 0 spiro atoms. The molecule has 0 fully saturated rings. The average Bonchev–Trinajstić information content (AvgIpc) is 2.94. The predicted molar refractivity (Wildman–Crippen MR) is 93.1 cm³/mol. The van der Waals surface area contributed by atoms with Gasteiger partial charge in [-0.15, -0.1) is 0 Å². The maximum Gasteiger partial charge on any atom is 0.136 e. The van der Waals surface area contributed by atoms with Crippen LogP contribution < -0.4 is 5.73 Å². The minimum Gasteiger partial charge on any atom is -0.456 e. The Labute approximate surface area is 126 Å². The van der Waals surface area contributed by atoms with Crippen molar-refractivity contribution in [1.29, 1.82) is 0 Å². The molecule has 5 aromatic rings. The van der Waals surface area contributed by atoms with Gasteiger partial charge < -0.3 is 10.2 Å². The summed E-state index contributed by atoms with van der Waals surface area (Å²) < 4.78 is 6.07. The highest BCUT2D eigenvalue weighted by Crippen LogP contribution is 2.38. The molecule has 0 atom stereocenters. The van der Waals surface area contributed by atoms with E-state index in [-0.39, 0.29) is 0 Å². The van der Waals surface area contributed by atoms with Gasteiger partial charge in [0.05, 0.1) is 0 Å². The number of nitrogen functional groups attached to an aromatic ring is 1. The van der Waals surface area contributed by atoms with E-state index in [0.29, 0.717) is 0 Å². The lowest BCUT2D eigenvalue weighted by atomic mass is 9.99. The van der Waals surface area contributed by atoms with Crippen LogP contribution in [0, 0.1) is 0 Å². The van der Waals surface area contributed by atoms with Crippen LogP contribution >= 0.6 is 0 Å². The number of anilines is 1. The Balaban J connectivity index is 2.16. The monoisotopic (exact) mass is 283 g/mol. The van der Waals surface area contributed by atoms with Crippen LogP contribution in [-0.2, 0) is 0 Å². The Morgan fingerprint density at radius 2 is 1.27 bits per heavy atom. The summed E-state index contributed by atoms with van der Waals surface area (Å²) in [5, 5.41) is 7.08. The summed E-state index contributed by atoms with van der Waals surface area (Å²) in [5.74, 6) is 0. The van der Waals surface area contributed by atoms with E-state index in [1.807, 2.05) is 18.2 Å². The van der Waals surface area contributed by atoms with Crippen LogP contribution in [0.3, 0.4) is 0 Å². The van der Waals surface area contributed by atoms with Gasteiger partial charge >= 0.3 is 0 Å². The van der Waals surface area contributed by atoms with Crippen LogP contribution in [0.5, 0.6) is 0 Å². The van der Waals surface area contributed by atoms with Crippen LogP contribution in [0.2, 0.25) is 0 Å². The third kappa shape index (κ3) is 1.44. The van der Waals surface area contributed by atoms with Gasteiger partial charge in [-0.05, 0) is 45.8 Å². The van der Waals surface area contributed by atoms with Gasteiger partial charge in [0.2, 0.25) is 0 Å². The Morgan fingerprint density at radius 1 is 0.636 bits per heavy atom. The van der Waals surface area contributed by atoms with Crippen LogP contribution in [0.15, 0.2) is 71.1 Å². The maximum atomic E-state index is 6.07. The fraction of sp³-hybridized carbons (Fsp3) is 0. The average molecular weight is 283 g/mol. The zero-order valence-corrected chi connectivity index (χ0v) is 11.8. The van der Waals surface area contributed by atoms with Crippen molar-refractivity contribution in [2.45, 2.75) is 0 Å². The van der Waals surface area contributed by atoms with E-state index in [2.05, 4.69) is 48.5 Å². The number of hydrogen-bond donors (Lipinski definition) is 1. The largest absolute Gasteiger partial charge is 0.456 e. The normalized spacial score (nSPS) is 11.8. The van der Waals surface area contributed by atoms with E-state index in [1.165, 1.54) is 21.5 Å². The number of hydrogen-bond acceptors (Lipinski definition) is 2. The number of fused-ring (bicyclic) bond motifs is 7. The van der Waals surface area contributed by atoms with Gasteiger partial charge in [-0.25, -0.2) is 0 Å². The van der Waals surface area contributed by atoms with E-state index in [0.717, 1.165) is 27.6 Å². The van der Waals surface area contributed by atoms with Crippen LogP contribution in [0.25, 0.3) is 43.5 Å². The second kappa shape index (κ2) is 4.01. The summed E-state index contributed by atoms with van der Waals surface area (Å²) in [7, 11) is 0. The minimum atomic E-state index is 0.773. The summed E-state index contributed by atoms with van der Waals surface area (Å²) in [6, 6.07) is 22.7. The topological polar surface area (TPSA) is 39.2 Å². The summed E-state index contributed by atoms with van der Waals surface area (Å²) in [6.07, 6.45) is 0. The van der Waals surface area contributed by atoms with Crippen molar-refractivity contribution in [3.8, 4) is 0 Å². The summed E-state index contributed by atoms with van der Waals surface area (Å²) >= 11 is 0. The molecule has 2 nitrogen and oxygen atoms in total. The molecule has 22 heavy (non-hydrogen) atoms. The molecule has 104 valence electrons. The van der Waals surface area contributed by atoms with Crippen LogP contribution in [0.4, 0.5) is 5.69 Å². The Bertz CT molecular complexity index is 1180. The van der Waals surface area contributed by atoms with Crippen LogP contribution in [-0.4, -0.2) is 0 Å². The summed E-state index contributed by atoms with van der Waals surface area (Å²) in [5.41, 5.74) is 8.61. The van der Waals surface area contributed by atoms with E-state index in [9.17, 15) is 0 Å². The Kier molecular flexibility index (Phi) is 2.12. The molecule has 0 amide bonds. The number of rotatable bonds is 0. The van der Waals surface area contributed by atoms with Gasteiger partial charge in [0.1, 0.15) is 11.2 Å². The second-order valence-corrected chi connectivity index (χ2v) is 5.68. The van der Waals surface area contributed by atoms with Gasteiger partial charge in [0, 0.05) is 16.5 Å². The summed E-state index contributed by atoms with van der Waals surface area (Å²) in [4.78, 5) is 0. The molecule has 0 aliphatic heterocycles. The highest BCUT2D eigenvalue weighted by atomic mass is 16.3. The molecular formula is C20H13NO. The summed E-state index contributed by atoms with van der Waals surface area (Å²) in [6.45, 7) is 0. The molecule has 0 bridgehead atoms. The quantitative estimate of drug-likeness (QED) is 0.382. The molecule has 2 N–H and O–H groups in total. The first-order chi connectivity index (χ1) is 10.8. The van der Waals surface area contributed by atoms with Gasteiger partial charge in [0.25, 0.3) is 0 Å². The van der Waals surface area contributed by atoms with Crippen molar-refractivity contribution in [1.82, 2.24) is 0 Å². The first-order valence-corrected chi connectivity index (χ1v) is 7.33. The molecule has 0 aliphatic carbocycles. The van der Waals surface area contributed by atoms with E-state index in [1.54, 1.807) is 0 Å². The minimum absolute atomic E-state index is 0.773. The molecule has 0 saturated carbocycles. The van der Waals surface area contributed by atoms with Crippen molar-refractivity contribution in [2.75, 3.05) is 5.73 Å². The van der Waals surface area contributed by atoms with Crippen molar-refractivity contribution in [3.05, 3.63) is 66.7 Å². The predicted octanol–water partition coefficient (Wildman–Crippen LogP) is 5.47. The van der Waals surface area contributed by atoms with Crippen molar-refractivity contribution >= 4 is 49.2 Å². The lowest BCUT2D eigenvalue weighted by molar-refractivity contribution is 0.669. The highest BCUT2D eigenvalue weighted by Gasteiger charge is 2.13. The molecule has 0 saturated heterocycles. The number of nitrogens with two attached hydrogens (primary N) is 1. The number of benzene rings is 4. The lowest BCUT2D eigenvalue weighted by Gasteiger charge is -2.03. The van der Waals surface area contributed by atoms with E-state index in [4.69, 9.17) is 10.2 Å². The fourth-order valence-electron chi connectivity index (χ4n) is 3.37. The standard InChI is InChI=1S/C20H13NO/c21-14-8-5-13-7-10-18-20(16(13)11-14)19-15-4-2-1-3-12(15)6-9-17(19)22-18/h1-11H,21H2. The molecule has 5 rings (SSSR count). The molecule has 0 unspecified atom stereocenters. The lowest BCUT2D eigenvalue weighted by Crippen LogP contribution is -1.84. The molecular weight excluding hydrogens is 270 g/mol. The van der Waals surface area contributed by atoms with Gasteiger partial charge in [-0.2, -0.15) is 0 Å². The maximum absolute atomic E-state index is 6.07. The first-order valence-electron chi connectivity index (χ1n) is 7.33. The SMILES string of the molecule is Nc1ccc2ccc3oc4ccc5ccccc5c4c3c2c1. The zero-order valence-electron chi connectivity index (χ0n) is 11.8. The molecule has 1 heterocycles. The van der Waals surface area contributed by atoms with Crippen molar-refractivity contribution in [3.63, 3.8) is 0 Å². The van der Waals surface area contributed by atoms with Crippen molar-refractivity contribution in [2.24, 2.45) is 0 Å². The second-order valence-electron chi connectivity index (χ2n) is 5.68. The fourth-order valence-corrected chi connectivity index (χ4v) is 3.37. The molecule has 1 aromatic heterocycles. The van der Waals surface area contributed by atoms with Gasteiger partial charge in [-0.3, -0.25) is 0 Å². The molecule has 2 heteroatoms. The third-order valence-electron chi connectivity index (χ3n) is 4.37. The van der Waals surface area contributed by atoms with Crippen molar-refractivity contribution < 1.29 is 4.42 Å². The molecule has 4 aromatic carbocycles. The van der Waals surface area contributed by atoms with E-state index < -0.39 is 0 Å². The highest BCUT2D eigenvalue weighted by molar-refractivity contribution is 6.26. The first kappa shape index (κ1) is 11.6. The smallest absolute Gasteiger partial charge is 0.136 e. The Morgan fingerprint density at radius 3 is 2.09 bits per heavy atom. The molecule has 0 aliphatic rings. The zero-order chi connectivity index (χ0) is 14.7. The van der Waals surface area contributed by atoms with E-state index >= 15 is 0 Å². The van der Waals surface area contributed by atoms with Gasteiger partial charge in [-0.1, -0.05) is 42.5 Å². The van der Waals surface area contributed by atoms with Crippen LogP contribution in [0.1, 0.15) is 0 Å².